The lowest BCUT2D eigenvalue weighted by atomic mass is 10.1. The van der Waals surface area contributed by atoms with Crippen molar-refractivity contribution in [2.24, 2.45) is 0 Å². The number of aliphatic hydroxyl groups excluding tert-OH is 1. The first-order valence-corrected chi connectivity index (χ1v) is 9.03. The molecule has 3 rings (SSSR count). The number of aromatic nitrogens is 2. The summed E-state index contributed by atoms with van der Waals surface area (Å²) < 4.78 is 16.5. The molecule has 3 aromatic rings. The van der Waals surface area contributed by atoms with E-state index in [4.69, 9.17) is 19.3 Å². The first-order chi connectivity index (χ1) is 14.5. The third-order valence-electron chi connectivity index (χ3n) is 4.41. The molecule has 0 unspecified atom stereocenters. The number of fused-ring (bicyclic) bond motifs is 1. The molecule has 30 heavy (non-hydrogen) atoms. The van der Waals surface area contributed by atoms with Crippen molar-refractivity contribution in [2.45, 2.75) is 6.54 Å². The Morgan fingerprint density at radius 2 is 1.73 bits per heavy atom. The van der Waals surface area contributed by atoms with Crippen molar-refractivity contribution in [1.29, 1.82) is 0 Å². The number of benzene rings is 2. The molecule has 0 radical (unpaired) electrons. The Hall–Kier alpha value is -3.72. The second-order valence-corrected chi connectivity index (χ2v) is 6.22. The maximum absolute atomic E-state index is 12.6. The number of ketones is 1. The zero-order valence-electron chi connectivity index (χ0n) is 16.5. The van der Waals surface area contributed by atoms with Crippen molar-refractivity contribution < 1.29 is 28.9 Å². The van der Waals surface area contributed by atoms with Crippen molar-refractivity contribution in [3.8, 4) is 11.5 Å². The lowest BCUT2D eigenvalue weighted by molar-refractivity contribution is 0.0468. The van der Waals surface area contributed by atoms with Gasteiger partial charge in [-0.05, 0) is 24.3 Å². The number of nitrogens with zero attached hydrogens (tertiary/aromatic N) is 2. The Kier molecular flexibility index (Phi) is 6.43. The van der Waals surface area contributed by atoms with Gasteiger partial charge in [0, 0.05) is 10.9 Å². The van der Waals surface area contributed by atoms with Gasteiger partial charge in [-0.1, -0.05) is 18.2 Å². The van der Waals surface area contributed by atoms with Crippen LogP contribution in [0.4, 0.5) is 0 Å². The van der Waals surface area contributed by atoms with E-state index >= 15 is 0 Å². The Morgan fingerprint density at radius 1 is 1.03 bits per heavy atom. The number of Topliss-reactive ketones (excluding diaryl/α,β-unsaturated/α-hetero) is 1. The first-order valence-electron chi connectivity index (χ1n) is 9.03. The molecule has 2 aromatic carbocycles. The Morgan fingerprint density at radius 3 is 2.40 bits per heavy atom. The van der Waals surface area contributed by atoms with Crippen molar-refractivity contribution in [3.05, 3.63) is 64.1 Å². The minimum atomic E-state index is -0.855. The first kappa shape index (κ1) is 21.0. The molecule has 156 valence electrons. The van der Waals surface area contributed by atoms with Crippen LogP contribution in [0.15, 0.2) is 47.3 Å². The minimum absolute atomic E-state index is 0.0749. The van der Waals surface area contributed by atoms with Crippen LogP contribution < -0.4 is 15.0 Å². The molecular formula is C21H20N2O7. The van der Waals surface area contributed by atoms with Gasteiger partial charge in [0.05, 0.1) is 32.8 Å². The van der Waals surface area contributed by atoms with Gasteiger partial charge >= 0.3 is 5.97 Å². The van der Waals surface area contributed by atoms with Crippen LogP contribution in [0.25, 0.3) is 10.8 Å². The van der Waals surface area contributed by atoms with E-state index in [9.17, 15) is 14.4 Å². The van der Waals surface area contributed by atoms with Crippen LogP contribution in [0.1, 0.15) is 20.8 Å². The zero-order valence-corrected chi connectivity index (χ0v) is 16.5. The number of methoxy groups -OCH3 is 2. The van der Waals surface area contributed by atoms with Gasteiger partial charge in [0.25, 0.3) is 5.56 Å². The second-order valence-electron chi connectivity index (χ2n) is 6.22. The van der Waals surface area contributed by atoms with Gasteiger partial charge in [0.1, 0.15) is 0 Å². The number of hydrogen-bond donors (Lipinski definition) is 1. The van der Waals surface area contributed by atoms with E-state index in [0.29, 0.717) is 16.9 Å². The highest BCUT2D eigenvalue weighted by atomic mass is 16.5. The summed E-state index contributed by atoms with van der Waals surface area (Å²) in [5.41, 5.74) is -0.264. The van der Waals surface area contributed by atoms with Crippen molar-refractivity contribution in [2.75, 3.05) is 27.4 Å². The molecule has 0 saturated carbocycles. The summed E-state index contributed by atoms with van der Waals surface area (Å²) in [4.78, 5) is 37.5. The quantitative estimate of drug-likeness (QED) is 0.436. The number of carbonyl (C=O) groups is 2. The molecule has 0 spiro atoms. The summed E-state index contributed by atoms with van der Waals surface area (Å²) >= 11 is 0. The maximum atomic E-state index is 12.6. The molecule has 1 heterocycles. The maximum Gasteiger partial charge on any atom is 0.359 e. The highest BCUT2D eigenvalue weighted by Gasteiger charge is 2.20. The van der Waals surface area contributed by atoms with Crippen LogP contribution in [-0.2, 0) is 11.3 Å². The van der Waals surface area contributed by atoms with Gasteiger partial charge < -0.3 is 19.3 Å². The molecular weight excluding hydrogens is 392 g/mol. The van der Waals surface area contributed by atoms with Crippen molar-refractivity contribution >= 4 is 22.5 Å². The summed E-state index contributed by atoms with van der Waals surface area (Å²) in [6.45, 7) is -0.921. The molecule has 1 N–H and O–H groups in total. The van der Waals surface area contributed by atoms with E-state index in [1.807, 2.05) is 0 Å². The van der Waals surface area contributed by atoms with E-state index in [1.165, 1.54) is 26.4 Å². The molecule has 0 aliphatic heterocycles. The molecule has 0 bridgehead atoms. The van der Waals surface area contributed by atoms with Gasteiger partial charge in [0.15, 0.2) is 29.6 Å². The molecule has 0 saturated heterocycles. The lowest BCUT2D eigenvalue weighted by Gasteiger charge is -2.11. The van der Waals surface area contributed by atoms with E-state index in [1.54, 1.807) is 30.3 Å². The van der Waals surface area contributed by atoms with E-state index < -0.39 is 23.9 Å². The van der Waals surface area contributed by atoms with Gasteiger partial charge in [-0.2, -0.15) is 5.10 Å². The normalized spacial score (nSPS) is 10.6. The van der Waals surface area contributed by atoms with Crippen LogP contribution >= 0.6 is 0 Å². The molecule has 0 amide bonds. The Balaban J connectivity index is 1.84. The fourth-order valence-electron chi connectivity index (χ4n) is 2.92. The standard InChI is InChI=1S/C21H20N2O7/c1-28-17-8-7-13(11-18(17)29-2)16(25)12-30-21(27)19-14-5-3-4-6-15(14)20(26)23(22-19)9-10-24/h3-8,11,24H,9-10,12H2,1-2H3. The van der Waals surface area contributed by atoms with Crippen LogP contribution in [-0.4, -0.2) is 54.1 Å². The average molecular weight is 412 g/mol. The van der Waals surface area contributed by atoms with E-state index in [2.05, 4.69) is 5.10 Å². The minimum Gasteiger partial charge on any atom is -0.493 e. The summed E-state index contributed by atoms with van der Waals surface area (Å²) in [5.74, 6) is -0.463. The molecule has 9 nitrogen and oxygen atoms in total. The van der Waals surface area contributed by atoms with Crippen LogP contribution in [0.5, 0.6) is 11.5 Å². The topological polar surface area (TPSA) is 117 Å². The summed E-state index contributed by atoms with van der Waals surface area (Å²) in [7, 11) is 2.93. The average Bonchev–Trinajstić information content (AvgIpc) is 2.78. The monoisotopic (exact) mass is 412 g/mol. The van der Waals surface area contributed by atoms with Crippen LogP contribution in [0.2, 0.25) is 0 Å². The fraction of sp³-hybridized carbons (Fsp3) is 0.238. The molecule has 9 heteroatoms. The van der Waals surface area contributed by atoms with Crippen molar-refractivity contribution in [1.82, 2.24) is 9.78 Å². The van der Waals surface area contributed by atoms with Crippen LogP contribution in [0, 0.1) is 0 Å². The van der Waals surface area contributed by atoms with E-state index in [0.717, 1.165) is 4.68 Å². The highest BCUT2D eigenvalue weighted by molar-refractivity contribution is 6.04. The lowest BCUT2D eigenvalue weighted by Crippen LogP contribution is -2.28. The van der Waals surface area contributed by atoms with Gasteiger partial charge in [-0.15, -0.1) is 0 Å². The summed E-state index contributed by atoms with van der Waals surface area (Å²) in [6.07, 6.45) is 0. The predicted molar refractivity (Wildman–Crippen MR) is 107 cm³/mol. The number of ether oxygens (including phenoxy) is 3. The largest absolute Gasteiger partial charge is 0.493 e. The number of aliphatic hydroxyl groups is 1. The molecule has 0 atom stereocenters. The third kappa shape index (κ3) is 4.15. The summed E-state index contributed by atoms with van der Waals surface area (Å²) in [6, 6.07) is 11.0. The number of rotatable bonds is 8. The van der Waals surface area contributed by atoms with Crippen molar-refractivity contribution in [3.63, 3.8) is 0 Å². The highest BCUT2D eigenvalue weighted by Crippen LogP contribution is 2.27. The zero-order chi connectivity index (χ0) is 21.7. The van der Waals surface area contributed by atoms with E-state index in [-0.39, 0.29) is 29.8 Å². The molecule has 0 fully saturated rings. The second kappa shape index (κ2) is 9.19. The number of carbonyl (C=O) groups excluding carboxylic acids is 2. The smallest absolute Gasteiger partial charge is 0.359 e. The molecule has 0 aliphatic rings. The Bertz CT molecular complexity index is 1150. The molecule has 1 aromatic heterocycles. The van der Waals surface area contributed by atoms with Crippen LogP contribution in [0.3, 0.4) is 0 Å². The SMILES string of the molecule is COc1ccc(C(=O)COC(=O)c2nn(CCO)c(=O)c3ccccc23)cc1OC. The number of hydrogen-bond acceptors (Lipinski definition) is 8. The summed E-state index contributed by atoms with van der Waals surface area (Å²) in [5, 5.41) is 13.7. The third-order valence-corrected chi connectivity index (χ3v) is 4.41. The van der Waals surface area contributed by atoms with Gasteiger partial charge in [0.2, 0.25) is 0 Å². The predicted octanol–water partition coefficient (Wildman–Crippen LogP) is 1.45. The fourth-order valence-corrected chi connectivity index (χ4v) is 2.92. The van der Waals surface area contributed by atoms with Gasteiger partial charge in [-0.25, -0.2) is 9.48 Å². The molecule has 0 aliphatic carbocycles. The number of esters is 1. The van der Waals surface area contributed by atoms with Gasteiger partial charge in [-0.3, -0.25) is 9.59 Å². The Labute approximate surface area is 171 Å².